The third-order valence-electron chi connectivity index (χ3n) is 5.57. The van der Waals surface area contributed by atoms with Crippen LogP contribution in [0.3, 0.4) is 0 Å². The molecule has 168 valence electrons. The number of esters is 1. The molecule has 0 radical (unpaired) electrons. The van der Waals surface area contributed by atoms with Gasteiger partial charge >= 0.3 is 5.97 Å². The van der Waals surface area contributed by atoms with Crippen molar-refractivity contribution in [3.8, 4) is 5.69 Å². The molecule has 1 saturated heterocycles. The molecule has 1 aromatic heterocycles. The number of aryl methyl sites for hydroxylation is 1. The van der Waals surface area contributed by atoms with Gasteiger partial charge in [0.1, 0.15) is 0 Å². The van der Waals surface area contributed by atoms with E-state index in [9.17, 15) is 9.59 Å². The number of rotatable bonds is 7. The van der Waals surface area contributed by atoms with Gasteiger partial charge in [0.2, 0.25) is 0 Å². The number of carbonyl (C=O) groups excluding carboxylic acids is 2. The molecule has 1 atom stereocenters. The number of benzene rings is 1. The Bertz CT molecular complexity index is 958. The van der Waals surface area contributed by atoms with Gasteiger partial charge in [-0.05, 0) is 50.8 Å². The average Bonchev–Trinajstić information content (AvgIpc) is 3.14. The Morgan fingerprint density at radius 1 is 1.19 bits per heavy atom. The summed E-state index contributed by atoms with van der Waals surface area (Å²) in [5, 5.41) is 5.70. The third-order valence-corrected chi connectivity index (χ3v) is 6.30. The van der Waals surface area contributed by atoms with E-state index in [1.807, 2.05) is 13.0 Å². The number of likely N-dealkylation sites (tertiary alicyclic amines) is 1. The maximum atomic E-state index is 13.6. The predicted octanol–water partition coefficient (Wildman–Crippen LogP) is 5.11. The minimum atomic E-state index is -0.275. The van der Waals surface area contributed by atoms with Crippen LogP contribution >= 0.6 is 23.2 Å². The van der Waals surface area contributed by atoms with Gasteiger partial charge in [0.25, 0.3) is 5.91 Å². The standard InChI is InChI=1S/C23H29Cl2N3O3/c1-4-8-19-21(22(29)27-12-7-9-15(14-27)23(30)31-6-3)20(5-2)28(26-19)16-10-11-17(24)18(25)13-16/h10-11,13,15H,4-9,12,14H2,1-3H3/t15-/m1/s1. The first-order valence-electron chi connectivity index (χ1n) is 10.9. The summed E-state index contributed by atoms with van der Waals surface area (Å²) in [6, 6.07) is 5.34. The second-order valence-electron chi connectivity index (χ2n) is 7.72. The minimum Gasteiger partial charge on any atom is -0.466 e. The second-order valence-corrected chi connectivity index (χ2v) is 8.54. The molecule has 1 amide bonds. The zero-order valence-corrected chi connectivity index (χ0v) is 19.8. The summed E-state index contributed by atoms with van der Waals surface area (Å²) in [6.45, 7) is 7.22. The van der Waals surface area contributed by atoms with E-state index in [0.29, 0.717) is 48.1 Å². The third kappa shape index (κ3) is 5.07. The molecule has 1 aliphatic rings. The Morgan fingerprint density at radius 2 is 1.97 bits per heavy atom. The van der Waals surface area contributed by atoms with Crippen molar-refractivity contribution in [2.45, 2.75) is 52.9 Å². The lowest BCUT2D eigenvalue weighted by atomic mass is 9.96. The van der Waals surface area contributed by atoms with Crippen molar-refractivity contribution in [3.63, 3.8) is 0 Å². The molecule has 2 heterocycles. The molecule has 0 bridgehead atoms. The maximum absolute atomic E-state index is 13.6. The molecular weight excluding hydrogens is 437 g/mol. The molecule has 0 unspecified atom stereocenters. The molecule has 0 aliphatic carbocycles. The second kappa shape index (κ2) is 10.5. The number of hydrogen-bond donors (Lipinski definition) is 0. The van der Waals surface area contributed by atoms with Crippen molar-refractivity contribution in [1.82, 2.24) is 14.7 Å². The number of halogens is 2. The van der Waals surface area contributed by atoms with Gasteiger partial charge in [-0.3, -0.25) is 9.59 Å². The Kier molecular flexibility index (Phi) is 8.00. The topological polar surface area (TPSA) is 64.4 Å². The van der Waals surface area contributed by atoms with Crippen LogP contribution in [0.5, 0.6) is 0 Å². The zero-order chi connectivity index (χ0) is 22.5. The smallest absolute Gasteiger partial charge is 0.310 e. The van der Waals surface area contributed by atoms with E-state index in [1.54, 1.807) is 28.6 Å². The monoisotopic (exact) mass is 465 g/mol. The summed E-state index contributed by atoms with van der Waals surface area (Å²) < 4.78 is 6.99. The predicted molar refractivity (Wildman–Crippen MR) is 122 cm³/mol. The molecule has 3 rings (SSSR count). The van der Waals surface area contributed by atoms with Gasteiger partial charge in [0, 0.05) is 13.1 Å². The Morgan fingerprint density at radius 3 is 2.61 bits per heavy atom. The van der Waals surface area contributed by atoms with E-state index < -0.39 is 0 Å². The largest absolute Gasteiger partial charge is 0.466 e. The maximum Gasteiger partial charge on any atom is 0.310 e. The fourth-order valence-corrected chi connectivity index (χ4v) is 4.38. The van der Waals surface area contributed by atoms with Crippen LogP contribution in [0.1, 0.15) is 61.8 Å². The Balaban J connectivity index is 1.99. The van der Waals surface area contributed by atoms with E-state index in [-0.39, 0.29) is 17.8 Å². The van der Waals surface area contributed by atoms with Crippen molar-refractivity contribution in [2.75, 3.05) is 19.7 Å². The van der Waals surface area contributed by atoms with Crippen LogP contribution in [0.4, 0.5) is 0 Å². The summed E-state index contributed by atoms with van der Waals surface area (Å²) in [7, 11) is 0. The van der Waals surface area contributed by atoms with Crippen LogP contribution in [0, 0.1) is 5.92 Å². The van der Waals surface area contributed by atoms with Crippen LogP contribution in [0.15, 0.2) is 18.2 Å². The van der Waals surface area contributed by atoms with Crippen LogP contribution in [0.25, 0.3) is 5.69 Å². The highest BCUT2D eigenvalue weighted by atomic mass is 35.5. The first-order valence-corrected chi connectivity index (χ1v) is 11.7. The first kappa shape index (κ1) is 23.6. The fraction of sp³-hybridized carbons (Fsp3) is 0.522. The summed E-state index contributed by atoms with van der Waals surface area (Å²) >= 11 is 12.3. The average molecular weight is 466 g/mol. The number of ether oxygens (including phenoxy) is 1. The molecule has 1 aromatic carbocycles. The lowest BCUT2D eigenvalue weighted by molar-refractivity contribution is -0.149. The fourth-order valence-electron chi connectivity index (χ4n) is 4.09. The Hall–Kier alpha value is -2.05. The summed E-state index contributed by atoms with van der Waals surface area (Å²) in [6.07, 6.45) is 3.71. The number of aromatic nitrogens is 2. The van der Waals surface area contributed by atoms with E-state index in [2.05, 4.69) is 6.92 Å². The van der Waals surface area contributed by atoms with Gasteiger partial charge in [-0.1, -0.05) is 43.5 Å². The van der Waals surface area contributed by atoms with E-state index in [1.165, 1.54) is 0 Å². The molecule has 31 heavy (non-hydrogen) atoms. The van der Waals surface area contributed by atoms with Crippen molar-refractivity contribution in [1.29, 1.82) is 0 Å². The van der Waals surface area contributed by atoms with Crippen molar-refractivity contribution in [2.24, 2.45) is 5.92 Å². The van der Waals surface area contributed by atoms with Crippen molar-refractivity contribution in [3.05, 3.63) is 45.2 Å². The summed E-state index contributed by atoms with van der Waals surface area (Å²) in [4.78, 5) is 27.7. The zero-order valence-electron chi connectivity index (χ0n) is 18.3. The molecule has 0 saturated carbocycles. The number of carbonyl (C=O) groups is 2. The van der Waals surface area contributed by atoms with Crippen LogP contribution in [-0.4, -0.2) is 46.3 Å². The van der Waals surface area contributed by atoms with Crippen LogP contribution in [-0.2, 0) is 22.4 Å². The highest BCUT2D eigenvalue weighted by molar-refractivity contribution is 6.42. The van der Waals surface area contributed by atoms with E-state index in [0.717, 1.165) is 36.3 Å². The number of amides is 1. The lowest BCUT2D eigenvalue weighted by Gasteiger charge is -2.31. The van der Waals surface area contributed by atoms with Crippen LogP contribution in [0.2, 0.25) is 10.0 Å². The van der Waals surface area contributed by atoms with Crippen LogP contribution < -0.4 is 0 Å². The summed E-state index contributed by atoms with van der Waals surface area (Å²) in [5.74, 6) is -0.570. The number of nitrogens with zero attached hydrogens (tertiary/aromatic N) is 3. The van der Waals surface area contributed by atoms with Gasteiger partial charge in [-0.2, -0.15) is 5.10 Å². The van der Waals surface area contributed by atoms with Crippen molar-refractivity contribution < 1.29 is 14.3 Å². The van der Waals surface area contributed by atoms with Gasteiger partial charge in [-0.15, -0.1) is 0 Å². The highest BCUT2D eigenvalue weighted by Crippen LogP contribution is 2.29. The normalized spacial score (nSPS) is 16.4. The molecule has 6 nitrogen and oxygen atoms in total. The number of hydrogen-bond acceptors (Lipinski definition) is 4. The molecule has 8 heteroatoms. The lowest BCUT2D eigenvalue weighted by Crippen LogP contribution is -2.43. The molecule has 0 N–H and O–H groups in total. The summed E-state index contributed by atoms with van der Waals surface area (Å²) in [5.41, 5.74) is 3.02. The molecule has 1 aliphatic heterocycles. The molecule has 1 fully saturated rings. The van der Waals surface area contributed by atoms with Gasteiger partial charge in [0.15, 0.2) is 0 Å². The SMILES string of the molecule is CCCc1nn(-c2ccc(Cl)c(Cl)c2)c(CC)c1C(=O)N1CCC[C@@H](C(=O)OCC)C1. The highest BCUT2D eigenvalue weighted by Gasteiger charge is 2.33. The minimum absolute atomic E-state index is 0.0689. The van der Waals surface area contributed by atoms with Gasteiger partial charge in [-0.25, -0.2) is 4.68 Å². The van der Waals surface area contributed by atoms with Gasteiger partial charge < -0.3 is 9.64 Å². The quantitative estimate of drug-likeness (QED) is 0.532. The Labute approximate surface area is 193 Å². The molecule has 2 aromatic rings. The first-order chi connectivity index (χ1) is 14.9. The number of piperidine rings is 1. The molecular formula is C23H29Cl2N3O3. The van der Waals surface area contributed by atoms with E-state index >= 15 is 0 Å². The van der Waals surface area contributed by atoms with Crippen molar-refractivity contribution >= 4 is 35.1 Å². The van der Waals surface area contributed by atoms with Gasteiger partial charge in [0.05, 0.1) is 45.2 Å². The molecule has 0 spiro atoms. The van der Waals surface area contributed by atoms with E-state index in [4.69, 9.17) is 33.0 Å².